The van der Waals surface area contributed by atoms with Gasteiger partial charge < -0.3 is 10.2 Å². The number of nitrogens with zero attached hydrogens (tertiary/aromatic N) is 2. The van der Waals surface area contributed by atoms with Crippen LogP contribution in [0.4, 0.5) is 13.2 Å². The highest BCUT2D eigenvalue weighted by Crippen LogP contribution is 2.22. The fraction of sp³-hybridized carbons (Fsp3) is 1.00. The van der Waals surface area contributed by atoms with Crippen LogP contribution in [0.15, 0.2) is 0 Å². The van der Waals surface area contributed by atoms with Gasteiger partial charge >= 0.3 is 6.18 Å². The van der Waals surface area contributed by atoms with E-state index >= 15 is 0 Å². The molecule has 2 atom stereocenters. The van der Waals surface area contributed by atoms with Crippen LogP contribution in [-0.4, -0.2) is 76.7 Å². The highest BCUT2D eigenvalue weighted by atomic mass is 19.4. The van der Waals surface area contributed by atoms with Gasteiger partial charge in [-0.05, 0) is 20.8 Å². The molecule has 4 nitrogen and oxygen atoms in total. The summed E-state index contributed by atoms with van der Waals surface area (Å²) >= 11 is 0. The van der Waals surface area contributed by atoms with Crippen molar-refractivity contribution in [2.45, 2.75) is 44.7 Å². The van der Waals surface area contributed by atoms with Crippen LogP contribution in [0.1, 0.15) is 20.8 Å². The summed E-state index contributed by atoms with van der Waals surface area (Å²) in [6.07, 6.45) is -6.85. The van der Waals surface area contributed by atoms with Gasteiger partial charge in [-0.3, -0.25) is 9.80 Å². The lowest BCUT2D eigenvalue weighted by atomic mass is 10.1. The number of β-amino-alcohol motifs (C(OH)–C–C–N with tert-alkyl or cyclic N) is 2. The van der Waals surface area contributed by atoms with Gasteiger partial charge in [0, 0.05) is 38.8 Å². The molecule has 2 N–H and O–H groups in total. The van der Waals surface area contributed by atoms with E-state index in [0.29, 0.717) is 26.2 Å². The van der Waals surface area contributed by atoms with E-state index in [0.717, 1.165) is 0 Å². The molecule has 1 aliphatic heterocycles. The Labute approximate surface area is 111 Å². The lowest BCUT2D eigenvalue weighted by Crippen LogP contribution is -2.57. The van der Waals surface area contributed by atoms with Gasteiger partial charge in [0.2, 0.25) is 0 Å². The lowest BCUT2D eigenvalue weighted by Gasteiger charge is -2.42. The molecule has 1 saturated heterocycles. The number of hydrogen-bond donors (Lipinski definition) is 2. The Morgan fingerprint density at radius 3 is 2.26 bits per heavy atom. The van der Waals surface area contributed by atoms with Crippen LogP contribution in [0.25, 0.3) is 0 Å². The molecule has 1 fully saturated rings. The summed E-state index contributed by atoms with van der Waals surface area (Å²) in [7, 11) is 0. The van der Waals surface area contributed by atoms with E-state index in [-0.39, 0.29) is 12.6 Å². The van der Waals surface area contributed by atoms with Gasteiger partial charge in [0.15, 0.2) is 6.10 Å². The number of aliphatic hydroxyl groups is 2. The van der Waals surface area contributed by atoms with Crippen LogP contribution in [0, 0.1) is 0 Å². The summed E-state index contributed by atoms with van der Waals surface area (Å²) in [4.78, 5) is 3.67. The van der Waals surface area contributed by atoms with Gasteiger partial charge in [0.25, 0.3) is 0 Å². The van der Waals surface area contributed by atoms with E-state index in [4.69, 9.17) is 5.11 Å². The molecule has 0 unspecified atom stereocenters. The van der Waals surface area contributed by atoms with Gasteiger partial charge in [0.05, 0.1) is 5.60 Å². The summed E-state index contributed by atoms with van der Waals surface area (Å²) in [6.45, 7) is 6.96. The molecule has 1 rings (SSSR count). The van der Waals surface area contributed by atoms with Crippen molar-refractivity contribution in [3.8, 4) is 0 Å². The second kappa shape index (κ2) is 5.95. The molecular formula is C12H23F3N2O2. The zero-order valence-electron chi connectivity index (χ0n) is 11.6. The third kappa shape index (κ3) is 5.64. The molecule has 0 aromatic heterocycles. The van der Waals surface area contributed by atoms with Crippen LogP contribution >= 0.6 is 0 Å². The van der Waals surface area contributed by atoms with E-state index in [1.165, 1.54) is 0 Å². The molecule has 114 valence electrons. The Morgan fingerprint density at radius 1 is 1.26 bits per heavy atom. The van der Waals surface area contributed by atoms with Crippen molar-refractivity contribution >= 4 is 0 Å². The summed E-state index contributed by atoms with van der Waals surface area (Å²) in [5.74, 6) is 0. The fourth-order valence-corrected chi connectivity index (χ4v) is 2.32. The summed E-state index contributed by atoms with van der Waals surface area (Å²) in [6, 6.07) is 0.0561. The van der Waals surface area contributed by atoms with Crippen LogP contribution < -0.4 is 0 Å². The molecule has 1 aliphatic rings. The second-order valence-electron chi connectivity index (χ2n) is 5.95. The summed E-state index contributed by atoms with van der Waals surface area (Å²) in [5.41, 5.74) is -0.818. The molecule has 7 heteroatoms. The van der Waals surface area contributed by atoms with Gasteiger partial charge in [-0.25, -0.2) is 0 Å². The van der Waals surface area contributed by atoms with Gasteiger partial charge in [-0.15, -0.1) is 0 Å². The van der Waals surface area contributed by atoms with Crippen molar-refractivity contribution in [3.05, 3.63) is 0 Å². The van der Waals surface area contributed by atoms with Crippen LogP contribution in [0.2, 0.25) is 0 Å². The van der Waals surface area contributed by atoms with Crippen LogP contribution in [0.5, 0.6) is 0 Å². The number of halogens is 3. The van der Waals surface area contributed by atoms with E-state index in [9.17, 15) is 18.3 Å². The number of piperazine rings is 1. The molecule has 0 radical (unpaired) electrons. The maximum atomic E-state index is 12.3. The Kier molecular flexibility index (Phi) is 5.22. The Morgan fingerprint density at radius 2 is 1.84 bits per heavy atom. The topological polar surface area (TPSA) is 46.9 Å². The highest BCUT2D eigenvalue weighted by molar-refractivity contribution is 4.84. The van der Waals surface area contributed by atoms with Crippen molar-refractivity contribution < 1.29 is 23.4 Å². The summed E-state index contributed by atoms with van der Waals surface area (Å²) in [5, 5.41) is 18.8. The highest BCUT2D eigenvalue weighted by Gasteiger charge is 2.40. The minimum Gasteiger partial charge on any atom is -0.389 e. The quantitative estimate of drug-likeness (QED) is 0.797. The first kappa shape index (κ1) is 16.7. The monoisotopic (exact) mass is 284 g/mol. The smallest absolute Gasteiger partial charge is 0.389 e. The van der Waals surface area contributed by atoms with Gasteiger partial charge in [0.1, 0.15) is 0 Å². The summed E-state index contributed by atoms with van der Waals surface area (Å²) < 4.78 is 36.8. The zero-order chi connectivity index (χ0) is 14.8. The van der Waals surface area contributed by atoms with E-state index in [2.05, 4.69) is 4.90 Å². The molecule has 0 bridgehead atoms. The first-order chi connectivity index (χ1) is 8.49. The van der Waals surface area contributed by atoms with Crippen molar-refractivity contribution in [3.63, 3.8) is 0 Å². The van der Waals surface area contributed by atoms with E-state index < -0.39 is 17.9 Å². The van der Waals surface area contributed by atoms with Crippen molar-refractivity contribution in [1.29, 1.82) is 0 Å². The van der Waals surface area contributed by atoms with Crippen molar-refractivity contribution in [1.82, 2.24) is 9.80 Å². The van der Waals surface area contributed by atoms with Crippen LogP contribution in [0.3, 0.4) is 0 Å². The van der Waals surface area contributed by atoms with Gasteiger partial charge in [-0.1, -0.05) is 0 Å². The van der Waals surface area contributed by atoms with E-state index in [1.54, 1.807) is 18.7 Å². The maximum absolute atomic E-state index is 12.3. The molecule has 0 saturated carbocycles. The van der Waals surface area contributed by atoms with Crippen LogP contribution in [-0.2, 0) is 0 Å². The maximum Gasteiger partial charge on any atom is 0.415 e. The molecule has 19 heavy (non-hydrogen) atoms. The average Bonchev–Trinajstić information content (AvgIpc) is 2.19. The molecular weight excluding hydrogens is 261 g/mol. The zero-order valence-corrected chi connectivity index (χ0v) is 11.6. The minimum atomic E-state index is -4.56. The predicted octanol–water partition coefficient (Wildman–Crippen LogP) is 0.687. The molecule has 0 aromatic carbocycles. The molecule has 0 spiro atoms. The molecule has 0 aromatic rings. The standard InChI is InChI=1S/C12H23F3N2O2/c1-9-6-16(7-10(18)12(13,14)15)4-5-17(9)8-11(2,3)19/h9-10,18-19H,4-8H2,1-3H3/t9-,10+/m1/s1. The first-order valence-corrected chi connectivity index (χ1v) is 6.42. The third-order valence-corrected chi connectivity index (χ3v) is 3.25. The SMILES string of the molecule is C[C@@H]1CN(C[C@H](O)C(F)(F)F)CCN1CC(C)(C)O. The number of hydrogen-bond acceptors (Lipinski definition) is 4. The molecule has 0 aliphatic carbocycles. The van der Waals surface area contributed by atoms with Crippen molar-refractivity contribution in [2.24, 2.45) is 0 Å². The number of rotatable bonds is 4. The molecule has 0 amide bonds. The van der Waals surface area contributed by atoms with E-state index in [1.807, 2.05) is 6.92 Å². The lowest BCUT2D eigenvalue weighted by molar-refractivity contribution is -0.209. The number of aliphatic hydroxyl groups excluding tert-OH is 1. The Balaban J connectivity index is 2.46. The van der Waals surface area contributed by atoms with Gasteiger partial charge in [-0.2, -0.15) is 13.2 Å². The molecule has 1 heterocycles. The number of alkyl halides is 3. The van der Waals surface area contributed by atoms with Crippen molar-refractivity contribution in [2.75, 3.05) is 32.7 Å². The predicted molar refractivity (Wildman–Crippen MR) is 65.8 cm³/mol. The fourth-order valence-electron chi connectivity index (χ4n) is 2.32. The third-order valence-electron chi connectivity index (χ3n) is 3.25. The average molecular weight is 284 g/mol. The first-order valence-electron chi connectivity index (χ1n) is 6.42. The Bertz CT molecular complexity index is 292. The Hall–Kier alpha value is -0.370. The normalized spacial score (nSPS) is 25.6. The second-order valence-corrected chi connectivity index (χ2v) is 5.95. The minimum absolute atomic E-state index is 0.0561. The largest absolute Gasteiger partial charge is 0.415 e.